The molecule has 1 unspecified atom stereocenters. The molecule has 5 nitrogen and oxygen atoms in total. The molecule has 0 aliphatic heterocycles. The van der Waals surface area contributed by atoms with Gasteiger partial charge in [0.15, 0.2) is 0 Å². The highest BCUT2D eigenvalue weighted by Gasteiger charge is 2.20. The Morgan fingerprint density at radius 3 is 2.90 bits per heavy atom. The van der Waals surface area contributed by atoms with Gasteiger partial charge in [-0.25, -0.2) is 13.8 Å². The van der Waals surface area contributed by atoms with Crippen LogP contribution in [-0.4, -0.2) is 15.5 Å². The van der Waals surface area contributed by atoms with Crippen molar-refractivity contribution < 1.29 is 13.6 Å². The Kier molecular flexibility index (Phi) is 5.45. The highest BCUT2D eigenvalue weighted by molar-refractivity contribution is 7.18. The second-order valence-corrected chi connectivity index (χ2v) is 8.42. The first kappa shape index (κ1) is 19.7. The van der Waals surface area contributed by atoms with Crippen LogP contribution in [0.3, 0.4) is 0 Å². The van der Waals surface area contributed by atoms with Gasteiger partial charge in [0.05, 0.1) is 17.8 Å². The standard InChI is InChI=1S/C21H21F2N3O2S/c1-12(14-7-6-13(22)10-16(14)23)25-18(27)8-9-26-11-24-20-19(21(26)28)15-4-2-3-5-17(15)29-20/h6-7,10-12H,2-5,8-9H2,1H3,(H,25,27). The quantitative estimate of drug-likeness (QED) is 0.685. The Bertz CT molecular complexity index is 1140. The normalized spacial score (nSPS) is 14.6. The number of nitrogens with zero attached hydrogens (tertiary/aromatic N) is 2. The number of hydrogen-bond acceptors (Lipinski definition) is 4. The minimum atomic E-state index is -0.703. The molecule has 2 heterocycles. The molecule has 0 saturated heterocycles. The van der Waals surface area contributed by atoms with Crippen LogP contribution in [0, 0.1) is 11.6 Å². The lowest BCUT2D eigenvalue weighted by molar-refractivity contribution is -0.122. The SMILES string of the molecule is CC(NC(=O)CCn1cnc2sc3c(c2c1=O)CCCC3)c1ccc(F)cc1F. The molecule has 1 N–H and O–H groups in total. The number of carbonyl (C=O) groups is 1. The van der Waals surface area contributed by atoms with E-state index in [2.05, 4.69) is 10.3 Å². The summed E-state index contributed by atoms with van der Waals surface area (Å²) in [5.41, 5.74) is 1.22. The monoisotopic (exact) mass is 417 g/mol. The van der Waals surface area contributed by atoms with E-state index >= 15 is 0 Å². The van der Waals surface area contributed by atoms with Gasteiger partial charge in [-0.1, -0.05) is 6.07 Å². The largest absolute Gasteiger partial charge is 0.349 e. The second kappa shape index (κ2) is 8.02. The first-order valence-corrected chi connectivity index (χ1v) is 10.5. The third-order valence-electron chi connectivity index (χ3n) is 5.33. The highest BCUT2D eigenvalue weighted by atomic mass is 32.1. The summed E-state index contributed by atoms with van der Waals surface area (Å²) in [4.78, 5) is 31.6. The average Bonchev–Trinajstić information content (AvgIpc) is 3.06. The molecule has 1 aromatic carbocycles. The number of hydrogen-bond donors (Lipinski definition) is 1. The summed E-state index contributed by atoms with van der Waals surface area (Å²) in [6.07, 6.45) is 5.66. The van der Waals surface area contributed by atoms with E-state index in [-0.39, 0.29) is 30.0 Å². The van der Waals surface area contributed by atoms with Gasteiger partial charge in [0.1, 0.15) is 16.5 Å². The molecule has 1 aliphatic rings. The molecule has 152 valence electrons. The number of thiophene rings is 1. The van der Waals surface area contributed by atoms with Crippen molar-refractivity contribution in [3.05, 3.63) is 62.5 Å². The third-order valence-corrected chi connectivity index (χ3v) is 6.53. The van der Waals surface area contributed by atoms with Crippen LogP contribution in [0.25, 0.3) is 10.2 Å². The minimum Gasteiger partial charge on any atom is -0.349 e. The van der Waals surface area contributed by atoms with Crippen molar-refractivity contribution >= 4 is 27.5 Å². The summed E-state index contributed by atoms with van der Waals surface area (Å²) in [5.74, 6) is -1.69. The molecule has 1 atom stereocenters. The van der Waals surface area contributed by atoms with Crippen molar-refractivity contribution in [2.45, 2.75) is 51.6 Å². The average molecular weight is 417 g/mol. The molecule has 0 saturated carbocycles. The number of halogens is 2. The van der Waals surface area contributed by atoms with Gasteiger partial charge in [0.2, 0.25) is 5.91 Å². The van der Waals surface area contributed by atoms with Crippen LogP contribution < -0.4 is 10.9 Å². The fourth-order valence-corrected chi connectivity index (χ4v) is 5.03. The van der Waals surface area contributed by atoms with Crippen LogP contribution in [0.5, 0.6) is 0 Å². The van der Waals surface area contributed by atoms with Gasteiger partial charge >= 0.3 is 0 Å². The number of benzene rings is 1. The predicted octanol–water partition coefficient (Wildman–Crippen LogP) is 3.88. The van der Waals surface area contributed by atoms with Gasteiger partial charge < -0.3 is 5.32 Å². The molecule has 29 heavy (non-hydrogen) atoms. The fraction of sp³-hybridized carbons (Fsp3) is 0.381. The number of nitrogens with one attached hydrogen (secondary N) is 1. The van der Waals surface area contributed by atoms with Gasteiger partial charge in [0, 0.05) is 29.5 Å². The maximum Gasteiger partial charge on any atom is 0.262 e. The van der Waals surface area contributed by atoms with E-state index in [4.69, 9.17) is 0 Å². The van der Waals surface area contributed by atoms with Crippen LogP contribution in [0.4, 0.5) is 8.78 Å². The summed E-state index contributed by atoms with van der Waals surface area (Å²) in [6, 6.07) is 2.66. The van der Waals surface area contributed by atoms with Gasteiger partial charge in [-0.15, -0.1) is 11.3 Å². The zero-order valence-electron chi connectivity index (χ0n) is 16.0. The Morgan fingerprint density at radius 2 is 2.10 bits per heavy atom. The molecular weight excluding hydrogens is 396 g/mol. The van der Waals surface area contributed by atoms with E-state index in [9.17, 15) is 18.4 Å². The molecule has 0 radical (unpaired) electrons. The topological polar surface area (TPSA) is 64.0 Å². The predicted molar refractivity (Wildman–Crippen MR) is 108 cm³/mol. The molecule has 4 rings (SSSR count). The molecule has 0 fully saturated rings. The number of aromatic nitrogens is 2. The molecule has 2 aromatic heterocycles. The van der Waals surface area contributed by atoms with Crippen molar-refractivity contribution in [3.8, 4) is 0 Å². The number of aryl methyl sites for hydroxylation is 3. The van der Waals surface area contributed by atoms with E-state index in [0.717, 1.165) is 48.2 Å². The maximum absolute atomic E-state index is 13.9. The summed E-state index contributed by atoms with van der Waals surface area (Å²) in [7, 11) is 0. The number of carbonyl (C=O) groups excluding carboxylic acids is 1. The van der Waals surface area contributed by atoms with Crippen LogP contribution >= 0.6 is 11.3 Å². The summed E-state index contributed by atoms with van der Waals surface area (Å²) in [5, 5.41) is 3.38. The molecule has 0 spiro atoms. The van der Waals surface area contributed by atoms with Crippen molar-refractivity contribution in [2.75, 3.05) is 0 Å². The van der Waals surface area contributed by atoms with Crippen molar-refractivity contribution in [3.63, 3.8) is 0 Å². The Labute approximate surface area is 170 Å². The zero-order chi connectivity index (χ0) is 20.5. The van der Waals surface area contributed by atoms with Crippen molar-refractivity contribution in [1.82, 2.24) is 14.9 Å². The first-order valence-electron chi connectivity index (χ1n) is 9.68. The molecule has 8 heteroatoms. The van der Waals surface area contributed by atoms with E-state index in [0.29, 0.717) is 5.39 Å². The number of rotatable bonds is 5. The molecule has 1 aliphatic carbocycles. The lowest BCUT2D eigenvalue weighted by Crippen LogP contribution is -2.30. The van der Waals surface area contributed by atoms with Crippen molar-refractivity contribution in [1.29, 1.82) is 0 Å². The summed E-state index contributed by atoms with van der Waals surface area (Å²) >= 11 is 1.59. The number of amides is 1. The van der Waals surface area contributed by atoms with Crippen LogP contribution in [0.1, 0.15) is 48.2 Å². The van der Waals surface area contributed by atoms with Gasteiger partial charge in [0.25, 0.3) is 5.56 Å². The van der Waals surface area contributed by atoms with E-state index in [1.807, 2.05) is 0 Å². The number of fused-ring (bicyclic) bond motifs is 3. The van der Waals surface area contributed by atoms with Crippen LogP contribution in [0.2, 0.25) is 0 Å². The lowest BCUT2D eigenvalue weighted by Gasteiger charge is -2.15. The van der Waals surface area contributed by atoms with Gasteiger partial charge in [-0.3, -0.25) is 14.2 Å². The van der Waals surface area contributed by atoms with Gasteiger partial charge in [-0.2, -0.15) is 0 Å². The molecule has 1 amide bonds. The Morgan fingerprint density at radius 1 is 1.31 bits per heavy atom. The van der Waals surface area contributed by atoms with Crippen LogP contribution in [0.15, 0.2) is 29.3 Å². The van der Waals surface area contributed by atoms with Gasteiger partial charge in [-0.05, 0) is 44.2 Å². The van der Waals surface area contributed by atoms with E-state index in [1.54, 1.807) is 18.3 Å². The molecule has 3 aromatic rings. The highest BCUT2D eigenvalue weighted by Crippen LogP contribution is 2.33. The molecule has 0 bridgehead atoms. The zero-order valence-corrected chi connectivity index (χ0v) is 16.8. The van der Waals surface area contributed by atoms with E-state index < -0.39 is 17.7 Å². The fourth-order valence-electron chi connectivity index (χ4n) is 3.81. The molecular formula is C21H21F2N3O2S. The van der Waals surface area contributed by atoms with E-state index in [1.165, 1.54) is 21.8 Å². The first-order chi connectivity index (χ1) is 13.9. The third kappa shape index (κ3) is 3.94. The summed E-state index contributed by atoms with van der Waals surface area (Å²) < 4.78 is 28.4. The Hall–Kier alpha value is -2.61. The Balaban J connectivity index is 1.46. The lowest BCUT2D eigenvalue weighted by atomic mass is 9.97. The van der Waals surface area contributed by atoms with Crippen LogP contribution in [-0.2, 0) is 24.2 Å². The summed E-state index contributed by atoms with van der Waals surface area (Å²) in [6.45, 7) is 1.82. The van der Waals surface area contributed by atoms with Crippen molar-refractivity contribution in [2.24, 2.45) is 0 Å². The minimum absolute atomic E-state index is 0.0621. The maximum atomic E-state index is 13.9. The second-order valence-electron chi connectivity index (χ2n) is 7.34. The smallest absolute Gasteiger partial charge is 0.262 e.